The SMILES string of the molecule is Cc1ccc(C2CN(Cc3ccccc3)CC2N(C)C(=O)OC(C)(C)C)cc1Cl. The Hall–Kier alpha value is -2.04. The van der Waals surface area contributed by atoms with Gasteiger partial charge in [-0.15, -0.1) is 0 Å². The monoisotopic (exact) mass is 414 g/mol. The Morgan fingerprint density at radius 2 is 1.86 bits per heavy atom. The third-order valence-corrected chi connectivity index (χ3v) is 5.82. The second kappa shape index (κ2) is 8.76. The molecule has 156 valence electrons. The number of amides is 1. The van der Waals surface area contributed by atoms with Crippen LogP contribution in [0.2, 0.25) is 5.02 Å². The first-order valence-electron chi connectivity index (χ1n) is 10.1. The Labute approximate surface area is 179 Å². The van der Waals surface area contributed by atoms with Gasteiger partial charge in [0, 0.05) is 37.6 Å². The molecule has 3 rings (SSSR count). The van der Waals surface area contributed by atoms with Gasteiger partial charge in [-0.1, -0.05) is 54.1 Å². The molecule has 0 saturated carbocycles. The van der Waals surface area contributed by atoms with Crippen LogP contribution < -0.4 is 0 Å². The molecule has 1 heterocycles. The summed E-state index contributed by atoms with van der Waals surface area (Å²) < 4.78 is 5.63. The Balaban J connectivity index is 1.84. The topological polar surface area (TPSA) is 32.8 Å². The van der Waals surface area contributed by atoms with Crippen molar-refractivity contribution in [1.82, 2.24) is 9.80 Å². The van der Waals surface area contributed by atoms with E-state index in [-0.39, 0.29) is 18.1 Å². The van der Waals surface area contributed by atoms with E-state index in [2.05, 4.69) is 41.3 Å². The lowest BCUT2D eigenvalue weighted by Crippen LogP contribution is -2.44. The number of halogens is 1. The van der Waals surface area contributed by atoms with Crippen molar-refractivity contribution in [3.05, 3.63) is 70.2 Å². The van der Waals surface area contributed by atoms with E-state index in [4.69, 9.17) is 16.3 Å². The first-order valence-corrected chi connectivity index (χ1v) is 10.5. The number of aryl methyl sites for hydroxylation is 1. The zero-order valence-corrected chi connectivity index (χ0v) is 18.7. The zero-order chi connectivity index (χ0) is 21.2. The lowest BCUT2D eigenvalue weighted by molar-refractivity contribution is 0.0217. The summed E-state index contributed by atoms with van der Waals surface area (Å²) in [6.07, 6.45) is -0.285. The fraction of sp³-hybridized carbons (Fsp3) is 0.458. The van der Waals surface area contributed by atoms with Gasteiger partial charge in [-0.05, 0) is 50.5 Å². The van der Waals surface area contributed by atoms with Crippen LogP contribution in [-0.4, -0.2) is 47.7 Å². The van der Waals surface area contributed by atoms with Crippen LogP contribution in [0.5, 0.6) is 0 Å². The van der Waals surface area contributed by atoms with Gasteiger partial charge >= 0.3 is 6.09 Å². The minimum Gasteiger partial charge on any atom is -0.444 e. The molecule has 0 N–H and O–H groups in total. The minimum atomic E-state index is -0.518. The minimum absolute atomic E-state index is 0.0207. The molecule has 1 fully saturated rings. The molecule has 1 aliphatic heterocycles. The van der Waals surface area contributed by atoms with Crippen molar-refractivity contribution < 1.29 is 9.53 Å². The lowest BCUT2D eigenvalue weighted by Gasteiger charge is -2.31. The third kappa shape index (κ3) is 5.52. The van der Waals surface area contributed by atoms with Crippen molar-refractivity contribution in [2.45, 2.75) is 51.8 Å². The Morgan fingerprint density at radius 3 is 2.48 bits per heavy atom. The van der Waals surface area contributed by atoms with Gasteiger partial charge in [-0.3, -0.25) is 4.90 Å². The summed E-state index contributed by atoms with van der Waals surface area (Å²) in [6, 6.07) is 16.7. The van der Waals surface area contributed by atoms with Crippen LogP contribution in [0.1, 0.15) is 43.4 Å². The highest BCUT2D eigenvalue weighted by Gasteiger charge is 2.39. The van der Waals surface area contributed by atoms with E-state index in [1.165, 1.54) is 5.56 Å². The normalized spacial score (nSPS) is 19.9. The lowest BCUT2D eigenvalue weighted by atomic mass is 9.93. The fourth-order valence-corrected chi connectivity index (χ4v) is 4.05. The highest BCUT2D eigenvalue weighted by Crippen LogP contribution is 2.34. The van der Waals surface area contributed by atoms with Crippen molar-refractivity contribution >= 4 is 17.7 Å². The van der Waals surface area contributed by atoms with Crippen LogP contribution >= 0.6 is 11.6 Å². The molecule has 0 aliphatic carbocycles. The number of hydrogen-bond donors (Lipinski definition) is 0. The average Bonchev–Trinajstić information content (AvgIpc) is 3.06. The molecule has 4 nitrogen and oxygen atoms in total. The van der Waals surface area contributed by atoms with Crippen LogP contribution in [0, 0.1) is 6.92 Å². The first kappa shape index (κ1) is 21.7. The fourth-order valence-electron chi connectivity index (χ4n) is 3.87. The molecule has 0 radical (unpaired) electrons. The van der Waals surface area contributed by atoms with Crippen LogP contribution in [-0.2, 0) is 11.3 Å². The highest BCUT2D eigenvalue weighted by molar-refractivity contribution is 6.31. The Bertz CT molecular complexity index is 848. The molecule has 1 aliphatic rings. The summed E-state index contributed by atoms with van der Waals surface area (Å²) in [7, 11) is 1.84. The van der Waals surface area contributed by atoms with Crippen LogP contribution in [0.4, 0.5) is 4.79 Å². The van der Waals surface area contributed by atoms with Gasteiger partial charge in [0.2, 0.25) is 0 Å². The third-order valence-electron chi connectivity index (χ3n) is 5.42. The summed E-state index contributed by atoms with van der Waals surface area (Å²) >= 11 is 6.42. The van der Waals surface area contributed by atoms with E-state index in [0.29, 0.717) is 0 Å². The molecule has 2 aromatic carbocycles. The van der Waals surface area contributed by atoms with Gasteiger partial charge in [-0.25, -0.2) is 4.79 Å². The molecule has 1 amide bonds. The van der Waals surface area contributed by atoms with Gasteiger partial charge < -0.3 is 9.64 Å². The first-order chi connectivity index (χ1) is 13.6. The van der Waals surface area contributed by atoms with Gasteiger partial charge in [0.1, 0.15) is 5.60 Å². The number of rotatable bonds is 4. The Kier molecular flexibility index (Phi) is 6.55. The quantitative estimate of drug-likeness (QED) is 0.663. The number of likely N-dealkylation sites (tertiary alicyclic amines) is 1. The number of carbonyl (C=O) groups excluding carboxylic acids is 1. The molecule has 2 atom stereocenters. The molecule has 29 heavy (non-hydrogen) atoms. The summed E-state index contributed by atoms with van der Waals surface area (Å²) in [5.74, 6) is 0.175. The maximum atomic E-state index is 12.8. The van der Waals surface area contributed by atoms with E-state index in [9.17, 15) is 4.79 Å². The number of benzene rings is 2. The maximum Gasteiger partial charge on any atom is 0.410 e. The standard InChI is InChI=1S/C24H31ClN2O2/c1-17-11-12-19(13-21(17)25)20-15-27(14-18-9-7-6-8-10-18)16-22(20)26(5)23(28)29-24(2,3)4/h6-13,20,22H,14-16H2,1-5H3. The van der Waals surface area contributed by atoms with Crippen molar-refractivity contribution in [3.8, 4) is 0 Å². The summed E-state index contributed by atoms with van der Waals surface area (Å²) in [5.41, 5.74) is 2.98. The van der Waals surface area contributed by atoms with Gasteiger partial charge in [0.05, 0.1) is 6.04 Å². The second-order valence-corrected chi connectivity index (χ2v) is 9.36. The molecule has 0 spiro atoms. The molecule has 0 bridgehead atoms. The summed E-state index contributed by atoms with van der Waals surface area (Å²) in [5, 5.41) is 0.766. The molecular weight excluding hydrogens is 384 g/mol. The largest absolute Gasteiger partial charge is 0.444 e. The predicted octanol–water partition coefficient (Wildman–Crippen LogP) is 5.48. The zero-order valence-electron chi connectivity index (χ0n) is 18.0. The Morgan fingerprint density at radius 1 is 1.17 bits per heavy atom. The van der Waals surface area contributed by atoms with Crippen LogP contribution in [0.15, 0.2) is 48.5 Å². The van der Waals surface area contributed by atoms with Gasteiger partial charge in [0.15, 0.2) is 0 Å². The van der Waals surface area contributed by atoms with E-state index in [0.717, 1.165) is 35.8 Å². The van der Waals surface area contributed by atoms with Crippen LogP contribution in [0.25, 0.3) is 0 Å². The molecule has 2 aromatic rings. The van der Waals surface area contributed by atoms with Crippen molar-refractivity contribution in [2.24, 2.45) is 0 Å². The van der Waals surface area contributed by atoms with E-state index in [1.807, 2.05) is 46.9 Å². The van der Waals surface area contributed by atoms with Gasteiger partial charge in [-0.2, -0.15) is 0 Å². The van der Waals surface area contributed by atoms with Crippen molar-refractivity contribution in [2.75, 3.05) is 20.1 Å². The number of nitrogens with zero attached hydrogens (tertiary/aromatic N) is 2. The van der Waals surface area contributed by atoms with E-state index >= 15 is 0 Å². The van der Waals surface area contributed by atoms with Crippen molar-refractivity contribution in [1.29, 1.82) is 0 Å². The molecule has 1 saturated heterocycles. The van der Waals surface area contributed by atoms with Gasteiger partial charge in [0.25, 0.3) is 0 Å². The number of carbonyl (C=O) groups is 1. The predicted molar refractivity (Wildman–Crippen MR) is 118 cm³/mol. The number of ether oxygens (including phenoxy) is 1. The maximum absolute atomic E-state index is 12.8. The van der Waals surface area contributed by atoms with E-state index in [1.54, 1.807) is 4.90 Å². The molecular formula is C24H31ClN2O2. The average molecular weight is 415 g/mol. The highest BCUT2D eigenvalue weighted by atomic mass is 35.5. The van der Waals surface area contributed by atoms with Crippen LogP contribution in [0.3, 0.4) is 0 Å². The number of hydrogen-bond acceptors (Lipinski definition) is 3. The van der Waals surface area contributed by atoms with Crippen molar-refractivity contribution in [3.63, 3.8) is 0 Å². The van der Waals surface area contributed by atoms with E-state index < -0.39 is 5.60 Å². The molecule has 0 aromatic heterocycles. The smallest absolute Gasteiger partial charge is 0.410 e. The molecule has 5 heteroatoms. The molecule has 2 unspecified atom stereocenters. The number of likely N-dealkylation sites (N-methyl/N-ethyl adjacent to an activating group) is 1. The summed E-state index contributed by atoms with van der Waals surface area (Å²) in [4.78, 5) is 16.9. The second-order valence-electron chi connectivity index (χ2n) is 8.95. The summed E-state index contributed by atoms with van der Waals surface area (Å²) in [6.45, 7) is 10.2.